The first-order valence-electron chi connectivity index (χ1n) is 9.20. The van der Waals surface area contributed by atoms with Gasteiger partial charge >= 0.3 is 5.97 Å². The fourth-order valence-corrected chi connectivity index (χ4v) is 3.19. The van der Waals surface area contributed by atoms with Gasteiger partial charge in [-0.2, -0.15) is 0 Å². The highest BCUT2D eigenvalue weighted by molar-refractivity contribution is 5.69. The highest BCUT2D eigenvalue weighted by atomic mass is 16.5. The predicted octanol–water partition coefficient (Wildman–Crippen LogP) is 3.00. The van der Waals surface area contributed by atoms with Crippen molar-refractivity contribution in [1.29, 1.82) is 0 Å². The number of nitrogen functional groups attached to an aromatic ring is 1. The molecule has 0 saturated heterocycles. The van der Waals surface area contributed by atoms with Crippen molar-refractivity contribution >= 4 is 11.9 Å². The van der Waals surface area contributed by atoms with Crippen molar-refractivity contribution in [2.24, 2.45) is 0 Å². The van der Waals surface area contributed by atoms with E-state index in [1.807, 2.05) is 12.1 Å². The molecule has 1 saturated carbocycles. The maximum Gasteiger partial charge on any atom is 0.304 e. The number of nitrogens with zero attached hydrogens (tertiary/aromatic N) is 2. The maximum absolute atomic E-state index is 11.4. The minimum Gasteiger partial charge on any atom is -0.493 e. The van der Waals surface area contributed by atoms with Crippen molar-refractivity contribution in [3.63, 3.8) is 0 Å². The SMILES string of the molecule is COc1ccc(C(C#Cc2cnc(N)nc2)CC(=O)O)cc1OC1CCCC1. The average molecular weight is 381 g/mol. The Morgan fingerprint density at radius 1 is 1.29 bits per heavy atom. The molecule has 1 fully saturated rings. The molecule has 1 atom stereocenters. The number of aromatic nitrogens is 2. The van der Waals surface area contributed by atoms with Gasteiger partial charge < -0.3 is 20.3 Å². The van der Waals surface area contributed by atoms with Crippen LogP contribution in [-0.4, -0.2) is 34.3 Å². The van der Waals surface area contributed by atoms with Gasteiger partial charge in [0.15, 0.2) is 11.5 Å². The minimum atomic E-state index is -0.929. The van der Waals surface area contributed by atoms with E-state index in [1.165, 1.54) is 12.4 Å². The van der Waals surface area contributed by atoms with Crippen LogP contribution in [0.1, 0.15) is 49.1 Å². The van der Waals surface area contributed by atoms with Gasteiger partial charge in [-0.25, -0.2) is 9.97 Å². The third-order valence-electron chi connectivity index (χ3n) is 4.63. The third-order valence-corrected chi connectivity index (χ3v) is 4.63. The second-order valence-corrected chi connectivity index (χ2v) is 6.68. The Morgan fingerprint density at radius 3 is 2.64 bits per heavy atom. The number of aliphatic carboxylic acids is 1. The number of methoxy groups -OCH3 is 1. The standard InChI is InChI=1S/C21H23N3O4/c1-27-18-9-8-15(10-19(18)28-17-4-2-3-5-17)16(11-20(25)26)7-6-14-12-23-21(22)24-13-14/h8-10,12-13,16-17H,2-5,11H2,1H3,(H,25,26)(H2,22,23,24). The maximum atomic E-state index is 11.4. The smallest absolute Gasteiger partial charge is 0.304 e. The summed E-state index contributed by atoms with van der Waals surface area (Å²) >= 11 is 0. The summed E-state index contributed by atoms with van der Waals surface area (Å²) < 4.78 is 11.5. The van der Waals surface area contributed by atoms with Gasteiger partial charge in [-0.15, -0.1) is 0 Å². The number of nitrogens with two attached hydrogens (primary N) is 1. The van der Waals surface area contributed by atoms with Crippen molar-refractivity contribution in [3.05, 3.63) is 41.7 Å². The number of hydrogen-bond donors (Lipinski definition) is 2. The van der Waals surface area contributed by atoms with Gasteiger partial charge in [0.1, 0.15) is 0 Å². The molecule has 146 valence electrons. The topological polar surface area (TPSA) is 108 Å². The van der Waals surface area contributed by atoms with E-state index in [0.717, 1.165) is 31.2 Å². The van der Waals surface area contributed by atoms with Crippen LogP contribution in [0.25, 0.3) is 0 Å². The number of rotatable bonds is 6. The third kappa shape index (κ3) is 5.13. The van der Waals surface area contributed by atoms with Crippen LogP contribution in [0.4, 0.5) is 5.95 Å². The van der Waals surface area contributed by atoms with Crippen molar-refractivity contribution in [2.45, 2.75) is 44.1 Å². The summed E-state index contributed by atoms with van der Waals surface area (Å²) in [6.45, 7) is 0. The summed E-state index contributed by atoms with van der Waals surface area (Å²) in [6.07, 6.45) is 7.41. The second kappa shape index (κ2) is 9.09. The van der Waals surface area contributed by atoms with Crippen molar-refractivity contribution in [3.8, 4) is 23.3 Å². The number of hydrogen-bond acceptors (Lipinski definition) is 6. The Balaban J connectivity index is 1.88. The molecule has 2 aromatic rings. The number of ether oxygens (including phenoxy) is 2. The first-order chi connectivity index (χ1) is 13.5. The Kier molecular flexibility index (Phi) is 6.33. The van der Waals surface area contributed by atoms with Gasteiger partial charge in [0.05, 0.1) is 31.1 Å². The van der Waals surface area contributed by atoms with Gasteiger partial charge in [0.25, 0.3) is 0 Å². The molecule has 7 nitrogen and oxygen atoms in total. The molecule has 1 aromatic heterocycles. The lowest BCUT2D eigenvalue weighted by molar-refractivity contribution is -0.137. The summed E-state index contributed by atoms with van der Waals surface area (Å²) in [6, 6.07) is 5.45. The Morgan fingerprint density at radius 2 is 2.00 bits per heavy atom. The first-order valence-corrected chi connectivity index (χ1v) is 9.20. The van der Waals surface area contributed by atoms with E-state index in [-0.39, 0.29) is 18.5 Å². The summed E-state index contributed by atoms with van der Waals surface area (Å²) in [5.74, 6) is 5.93. The largest absolute Gasteiger partial charge is 0.493 e. The molecule has 28 heavy (non-hydrogen) atoms. The molecular formula is C21H23N3O4. The van der Waals surface area contributed by atoms with Gasteiger partial charge in [0.2, 0.25) is 5.95 Å². The molecule has 0 aliphatic heterocycles. The molecule has 0 bridgehead atoms. The molecule has 1 aliphatic rings. The number of benzene rings is 1. The lowest BCUT2D eigenvalue weighted by Gasteiger charge is -2.18. The molecule has 3 N–H and O–H groups in total. The van der Waals surface area contributed by atoms with E-state index in [9.17, 15) is 9.90 Å². The Bertz CT molecular complexity index is 881. The highest BCUT2D eigenvalue weighted by Gasteiger charge is 2.20. The van der Waals surface area contributed by atoms with Crippen LogP contribution in [0, 0.1) is 11.8 Å². The molecule has 0 radical (unpaired) electrons. The van der Waals surface area contributed by atoms with Gasteiger partial charge in [-0.1, -0.05) is 17.9 Å². The van der Waals surface area contributed by atoms with Crippen LogP contribution in [0.5, 0.6) is 11.5 Å². The monoisotopic (exact) mass is 381 g/mol. The number of anilines is 1. The van der Waals surface area contributed by atoms with Crippen LogP contribution in [0.2, 0.25) is 0 Å². The zero-order valence-electron chi connectivity index (χ0n) is 15.7. The van der Waals surface area contributed by atoms with E-state index in [1.54, 1.807) is 13.2 Å². The van der Waals surface area contributed by atoms with E-state index in [2.05, 4.69) is 21.8 Å². The van der Waals surface area contributed by atoms with Crippen LogP contribution < -0.4 is 15.2 Å². The Labute approximate surface area is 163 Å². The lowest BCUT2D eigenvalue weighted by Crippen LogP contribution is -2.12. The molecule has 1 aliphatic carbocycles. The normalized spacial score (nSPS) is 14.8. The zero-order chi connectivity index (χ0) is 19.9. The fraction of sp³-hybridized carbons (Fsp3) is 0.381. The van der Waals surface area contributed by atoms with E-state index in [4.69, 9.17) is 15.2 Å². The molecule has 1 aromatic carbocycles. The van der Waals surface area contributed by atoms with E-state index >= 15 is 0 Å². The number of carbonyl (C=O) groups is 1. The number of carboxylic acids is 1. The molecule has 7 heteroatoms. The average Bonchev–Trinajstić information content (AvgIpc) is 3.19. The van der Waals surface area contributed by atoms with Crippen LogP contribution in [-0.2, 0) is 4.79 Å². The summed E-state index contributed by atoms with van der Waals surface area (Å²) in [4.78, 5) is 19.2. The van der Waals surface area contributed by atoms with E-state index < -0.39 is 11.9 Å². The van der Waals surface area contributed by atoms with Crippen molar-refractivity contribution < 1.29 is 19.4 Å². The zero-order valence-corrected chi connectivity index (χ0v) is 15.7. The first kappa shape index (κ1) is 19.5. The van der Waals surface area contributed by atoms with Crippen LogP contribution in [0.3, 0.4) is 0 Å². The summed E-state index contributed by atoms with van der Waals surface area (Å²) in [5.41, 5.74) is 6.81. The van der Waals surface area contributed by atoms with Crippen LogP contribution in [0.15, 0.2) is 30.6 Å². The van der Waals surface area contributed by atoms with Crippen molar-refractivity contribution in [2.75, 3.05) is 12.8 Å². The molecule has 1 heterocycles. The molecular weight excluding hydrogens is 358 g/mol. The van der Waals surface area contributed by atoms with Gasteiger partial charge in [0, 0.05) is 12.4 Å². The van der Waals surface area contributed by atoms with Crippen LogP contribution >= 0.6 is 0 Å². The van der Waals surface area contributed by atoms with Gasteiger partial charge in [-0.3, -0.25) is 4.79 Å². The molecule has 1 unspecified atom stereocenters. The van der Waals surface area contributed by atoms with E-state index in [0.29, 0.717) is 17.1 Å². The second-order valence-electron chi connectivity index (χ2n) is 6.68. The molecule has 0 spiro atoms. The number of carboxylic acid groups (broad SMARTS) is 1. The fourth-order valence-electron chi connectivity index (χ4n) is 3.19. The molecule has 3 rings (SSSR count). The Hall–Kier alpha value is -3.27. The van der Waals surface area contributed by atoms with Gasteiger partial charge in [-0.05, 0) is 43.4 Å². The minimum absolute atomic E-state index is 0.127. The quantitative estimate of drug-likeness (QED) is 0.741. The lowest BCUT2D eigenvalue weighted by atomic mass is 9.95. The molecule has 0 amide bonds. The summed E-state index contributed by atoms with van der Waals surface area (Å²) in [7, 11) is 1.59. The highest BCUT2D eigenvalue weighted by Crippen LogP contribution is 2.35. The summed E-state index contributed by atoms with van der Waals surface area (Å²) in [5, 5.41) is 9.31. The predicted molar refractivity (Wildman–Crippen MR) is 104 cm³/mol. The van der Waals surface area contributed by atoms with Crippen molar-refractivity contribution in [1.82, 2.24) is 9.97 Å².